The topological polar surface area (TPSA) is 94.3 Å². The third-order valence-corrected chi connectivity index (χ3v) is 6.33. The minimum absolute atomic E-state index is 0.00122. The minimum atomic E-state index is -0.00122. The average molecular weight is 480 g/mol. The maximum atomic E-state index is 13.4. The maximum absolute atomic E-state index is 13.4. The van der Waals surface area contributed by atoms with Crippen LogP contribution in [0.3, 0.4) is 0 Å². The Hall–Kier alpha value is -4.33. The third-order valence-electron chi connectivity index (χ3n) is 6.33. The van der Waals surface area contributed by atoms with Crippen molar-refractivity contribution < 1.29 is 0 Å². The van der Waals surface area contributed by atoms with Gasteiger partial charge in [-0.1, -0.05) is 80.4 Å². The van der Waals surface area contributed by atoms with Crippen LogP contribution in [0.1, 0.15) is 43.1 Å². The SMILES string of the molecule is CCCCCc1cn(Cc2ccccc2)c(=O)n1Cc1ccc(-c2ccccc2-c2nn[nH]n2)cn1. The van der Waals surface area contributed by atoms with Gasteiger partial charge in [0.05, 0.1) is 18.8 Å². The van der Waals surface area contributed by atoms with Gasteiger partial charge in [0.25, 0.3) is 0 Å². The van der Waals surface area contributed by atoms with Gasteiger partial charge < -0.3 is 0 Å². The molecule has 36 heavy (non-hydrogen) atoms. The fourth-order valence-electron chi connectivity index (χ4n) is 4.45. The van der Waals surface area contributed by atoms with Crippen molar-refractivity contribution >= 4 is 0 Å². The van der Waals surface area contributed by atoms with Crippen LogP contribution >= 0.6 is 0 Å². The molecule has 0 saturated carbocycles. The van der Waals surface area contributed by atoms with Crippen molar-refractivity contribution in [3.63, 3.8) is 0 Å². The van der Waals surface area contributed by atoms with Crippen LogP contribution < -0.4 is 5.69 Å². The molecular formula is C28H29N7O. The number of aromatic amines is 1. The van der Waals surface area contributed by atoms with E-state index in [1.54, 1.807) is 0 Å². The number of hydrogen-bond acceptors (Lipinski definition) is 5. The van der Waals surface area contributed by atoms with Crippen LogP contribution in [0, 0.1) is 0 Å². The molecule has 2 aromatic carbocycles. The summed E-state index contributed by atoms with van der Waals surface area (Å²) in [6.45, 7) is 3.19. The molecule has 0 aliphatic heterocycles. The first-order chi connectivity index (χ1) is 17.7. The van der Waals surface area contributed by atoms with E-state index in [1.165, 1.54) is 0 Å². The zero-order valence-corrected chi connectivity index (χ0v) is 20.3. The molecule has 3 aromatic heterocycles. The Morgan fingerprint density at radius 2 is 1.69 bits per heavy atom. The summed E-state index contributed by atoms with van der Waals surface area (Å²) >= 11 is 0. The molecule has 0 aliphatic rings. The van der Waals surface area contributed by atoms with Crippen molar-refractivity contribution in [2.75, 3.05) is 0 Å². The Kier molecular flexibility index (Phi) is 7.12. The summed E-state index contributed by atoms with van der Waals surface area (Å²) < 4.78 is 3.68. The highest BCUT2D eigenvalue weighted by Crippen LogP contribution is 2.29. The van der Waals surface area contributed by atoms with Gasteiger partial charge in [-0.15, -0.1) is 10.2 Å². The van der Waals surface area contributed by atoms with Crippen molar-refractivity contribution in [1.82, 2.24) is 34.7 Å². The van der Waals surface area contributed by atoms with Gasteiger partial charge in [0.1, 0.15) is 0 Å². The van der Waals surface area contributed by atoms with Gasteiger partial charge in [-0.05, 0) is 35.2 Å². The van der Waals surface area contributed by atoms with E-state index < -0.39 is 0 Å². The summed E-state index contributed by atoms with van der Waals surface area (Å²) in [4.78, 5) is 18.1. The van der Waals surface area contributed by atoms with E-state index in [1.807, 2.05) is 88.3 Å². The van der Waals surface area contributed by atoms with Gasteiger partial charge >= 0.3 is 5.69 Å². The van der Waals surface area contributed by atoms with Crippen LogP contribution in [0.15, 0.2) is 83.9 Å². The first-order valence-electron chi connectivity index (χ1n) is 12.3. The minimum Gasteiger partial charge on any atom is -0.295 e. The molecule has 0 unspecified atom stereocenters. The monoisotopic (exact) mass is 479 g/mol. The smallest absolute Gasteiger partial charge is 0.295 e. The summed E-state index contributed by atoms with van der Waals surface area (Å²) in [7, 11) is 0. The molecule has 182 valence electrons. The molecule has 0 fully saturated rings. The molecule has 0 bridgehead atoms. The summed E-state index contributed by atoms with van der Waals surface area (Å²) in [6, 6.07) is 22.0. The number of rotatable bonds is 10. The molecule has 3 heterocycles. The van der Waals surface area contributed by atoms with Crippen LogP contribution in [0.25, 0.3) is 22.5 Å². The van der Waals surface area contributed by atoms with Gasteiger partial charge in [0.15, 0.2) is 0 Å². The number of benzene rings is 2. The first-order valence-corrected chi connectivity index (χ1v) is 12.3. The number of tetrazole rings is 1. The molecule has 0 amide bonds. The number of nitrogens with one attached hydrogen (secondary N) is 1. The molecule has 0 radical (unpaired) electrons. The molecule has 8 heteroatoms. The van der Waals surface area contributed by atoms with Crippen LogP contribution in [0.2, 0.25) is 0 Å². The van der Waals surface area contributed by atoms with E-state index in [2.05, 4.69) is 27.5 Å². The first kappa shape index (κ1) is 23.4. The second-order valence-electron chi connectivity index (χ2n) is 8.88. The standard InChI is InChI=1S/C28H29N7O/c1-2-3-5-12-24-20-34(18-21-10-6-4-7-11-21)28(36)35(24)19-23-16-15-22(17-29-23)25-13-8-9-14-26(25)27-30-32-33-31-27/h4,6-11,13-17,20H,2-3,5,12,18-19H2,1H3,(H,30,31,32,33). The van der Waals surface area contributed by atoms with Crippen molar-refractivity contribution in [1.29, 1.82) is 0 Å². The van der Waals surface area contributed by atoms with Gasteiger partial charge in [0, 0.05) is 29.2 Å². The van der Waals surface area contributed by atoms with Crippen molar-refractivity contribution in [2.24, 2.45) is 0 Å². The summed E-state index contributed by atoms with van der Waals surface area (Å²) in [5.41, 5.74) is 5.82. The van der Waals surface area contributed by atoms with Crippen molar-refractivity contribution in [2.45, 2.75) is 45.7 Å². The molecule has 0 saturated heterocycles. The molecule has 8 nitrogen and oxygen atoms in total. The van der Waals surface area contributed by atoms with Gasteiger partial charge in [-0.3, -0.25) is 14.1 Å². The fraction of sp³-hybridized carbons (Fsp3) is 0.250. The van der Waals surface area contributed by atoms with Crippen LogP contribution in [-0.2, 0) is 19.5 Å². The predicted octanol–water partition coefficient (Wildman–Crippen LogP) is 4.72. The number of H-pyrrole nitrogens is 1. The lowest BCUT2D eigenvalue weighted by atomic mass is 10.0. The number of aryl methyl sites for hydroxylation is 1. The number of unbranched alkanes of at least 4 members (excludes halogenated alkanes) is 2. The van der Waals surface area contributed by atoms with Gasteiger partial charge in [0.2, 0.25) is 5.82 Å². The van der Waals surface area contributed by atoms with Crippen LogP contribution in [0.4, 0.5) is 0 Å². The highest BCUT2D eigenvalue weighted by molar-refractivity contribution is 5.79. The molecule has 5 rings (SSSR count). The largest absolute Gasteiger partial charge is 0.329 e. The normalized spacial score (nSPS) is 11.1. The predicted molar refractivity (Wildman–Crippen MR) is 139 cm³/mol. The number of imidazole rings is 1. The highest BCUT2D eigenvalue weighted by Gasteiger charge is 2.14. The van der Waals surface area contributed by atoms with E-state index >= 15 is 0 Å². The van der Waals surface area contributed by atoms with Gasteiger partial charge in [-0.2, -0.15) is 5.21 Å². The Labute approximate surface area is 209 Å². The quantitative estimate of drug-likeness (QED) is 0.293. The lowest BCUT2D eigenvalue weighted by Crippen LogP contribution is -2.26. The summed E-state index contributed by atoms with van der Waals surface area (Å²) in [6.07, 6.45) is 8.08. The Morgan fingerprint density at radius 3 is 2.42 bits per heavy atom. The lowest BCUT2D eigenvalue weighted by Gasteiger charge is -2.09. The van der Waals surface area contributed by atoms with E-state index in [0.717, 1.165) is 59.3 Å². The molecule has 0 aliphatic carbocycles. The van der Waals surface area contributed by atoms with Gasteiger partial charge in [-0.25, -0.2) is 4.79 Å². The Bertz CT molecular complexity index is 1450. The van der Waals surface area contributed by atoms with Crippen molar-refractivity contribution in [3.8, 4) is 22.5 Å². The second kappa shape index (κ2) is 10.9. The molecule has 1 N–H and O–H groups in total. The third kappa shape index (κ3) is 5.17. The van der Waals surface area contributed by atoms with E-state index in [-0.39, 0.29) is 5.69 Å². The fourth-order valence-corrected chi connectivity index (χ4v) is 4.45. The van der Waals surface area contributed by atoms with Crippen LogP contribution in [-0.4, -0.2) is 34.7 Å². The van der Waals surface area contributed by atoms with E-state index in [9.17, 15) is 4.79 Å². The summed E-state index contributed by atoms with van der Waals surface area (Å²) in [5, 5.41) is 14.4. The summed E-state index contributed by atoms with van der Waals surface area (Å²) in [5.74, 6) is 0.540. The molecule has 5 aromatic rings. The second-order valence-corrected chi connectivity index (χ2v) is 8.88. The maximum Gasteiger partial charge on any atom is 0.329 e. The number of nitrogens with zero attached hydrogens (tertiary/aromatic N) is 6. The number of aromatic nitrogens is 7. The average Bonchev–Trinajstić information content (AvgIpc) is 3.55. The van der Waals surface area contributed by atoms with Crippen LogP contribution in [0.5, 0.6) is 0 Å². The zero-order valence-electron chi connectivity index (χ0n) is 20.3. The molecule has 0 atom stereocenters. The molecule has 0 spiro atoms. The lowest BCUT2D eigenvalue weighted by molar-refractivity contribution is 0.636. The zero-order chi connectivity index (χ0) is 24.7. The van der Waals surface area contributed by atoms with E-state index in [0.29, 0.717) is 18.9 Å². The van der Waals surface area contributed by atoms with E-state index in [4.69, 9.17) is 4.98 Å². The Balaban J connectivity index is 1.41. The number of hydrogen-bond donors (Lipinski definition) is 1. The number of pyridine rings is 1. The highest BCUT2D eigenvalue weighted by atomic mass is 16.1. The Morgan fingerprint density at radius 1 is 0.889 bits per heavy atom. The van der Waals surface area contributed by atoms with Crippen molar-refractivity contribution in [3.05, 3.63) is 107 Å². The molecular weight excluding hydrogens is 450 g/mol.